The molecule has 2 amide bonds. The Bertz CT molecular complexity index is 452. The summed E-state index contributed by atoms with van der Waals surface area (Å²) in [4.78, 5) is 13.8. The lowest BCUT2D eigenvalue weighted by Gasteiger charge is -2.40. The van der Waals surface area contributed by atoms with Gasteiger partial charge >= 0.3 is 6.03 Å². The molecule has 2 aliphatic heterocycles. The van der Waals surface area contributed by atoms with E-state index in [-0.39, 0.29) is 12.1 Å². The molecule has 2 saturated heterocycles. The van der Waals surface area contributed by atoms with E-state index in [0.29, 0.717) is 6.04 Å². The molecule has 3 rings (SSSR count). The van der Waals surface area contributed by atoms with Crippen molar-refractivity contribution in [2.75, 3.05) is 26.3 Å². The molecule has 1 aromatic heterocycles. The minimum atomic E-state index is 0.0365. The van der Waals surface area contributed by atoms with Crippen molar-refractivity contribution in [3.63, 3.8) is 0 Å². The molecule has 0 atom stereocenters. The van der Waals surface area contributed by atoms with Crippen molar-refractivity contribution in [2.24, 2.45) is 0 Å². The molecule has 0 aliphatic carbocycles. The van der Waals surface area contributed by atoms with E-state index in [2.05, 4.69) is 26.3 Å². The standard InChI is InChI=1S/C12H17BrN4O2/c13-9-5-14-17(6-9)11-7-16(8-11)12(18)15-10-1-3-19-4-2-10/h5-6,10-11H,1-4,7-8H2,(H,15,18). The Hall–Kier alpha value is -1.08. The number of carbonyl (C=O) groups is 1. The van der Waals surface area contributed by atoms with Crippen LogP contribution < -0.4 is 5.32 Å². The Labute approximate surface area is 120 Å². The smallest absolute Gasteiger partial charge is 0.317 e. The second-order valence-electron chi connectivity index (χ2n) is 5.03. The molecule has 2 fully saturated rings. The molecule has 0 bridgehead atoms. The highest BCUT2D eigenvalue weighted by Gasteiger charge is 2.33. The minimum absolute atomic E-state index is 0.0365. The number of carbonyl (C=O) groups excluding carboxylic acids is 1. The number of nitrogens with zero attached hydrogens (tertiary/aromatic N) is 3. The van der Waals surface area contributed by atoms with E-state index in [9.17, 15) is 4.79 Å². The molecule has 0 radical (unpaired) electrons. The molecule has 2 aliphatic rings. The van der Waals surface area contributed by atoms with Gasteiger partial charge in [-0.2, -0.15) is 5.10 Å². The largest absolute Gasteiger partial charge is 0.381 e. The first-order chi connectivity index (χ1) is 9.22. The van der Waals surface area contributed by atoms with Crippen LogP contribution in [0.25, 0.3) is 0 Å². The fourth-order valence-electron chi connectivity index (χ4n) is 2.41. The van der Waals surface area contributed by atoms with Crippen LogP contribution in [0.5, 0.6) is 0 Å². The van der Waals surface area contributed by atoms with E-state index >= 15 is 0 Å². The van der Waals surface area contributed by atoms with E-state index < -0.39 is 0 Å². The predicted octanol–water partition coefficient (Wildman–Crippen LogP) is 1.39. The van der Waals surface area contributed by atoms with E-state index in [0.717, 1.165) is 43.6 Å². The number of aromatic nitrogens is 2. The van der Waals surface area contributed by atoms with Gasteiger partial charge in [-0.15, -0.1) is 0 Å². The van der Waals surface area contributed by atoms with Gasteiger partial charge in [-0.25, -0.2) is 4.79 Å². The zero-order valence-electron chi connectivity index (χ0n) is 10.6. The lowest BCUT2D eigenvalue weighted by atomic mass is 10.1. The summed E-state index contributed by atoms with van der Waals surface area (Å²) in [6.07, 6.45) is 5.54. The van der Waals surface area contributed by atoms with Crippen LogP contribution in [-0.4, -0.2) is 53.1 Å². The average molecular weight is 329 g/mol. The highest BCUT2D eigenvalue weighted by molar-refractivity contribution is 9.10. The first-order valence-electron chi connectivity index (χ1n) is 6.55. The maximum atomic E-state index is 12.0. The zero-order chi connectivity index (χ0) is 13.2. The van der Waals surface area contributed by atoms with E-state index in [4.69, 9.17) is 4.74 Å². The van der Waals surface area contributed by atoms with Crippen molar-refractivity contribution in [2.45, 2.75) is 24.9 Å². The molecule has 1 N–H and O–H groups in total. The van der Waals surface area contributed by atoms with Crippen molar-refractivity contribution >= 4 is 22.0 Å². The maximum Gasteiger partial charge on any atom is 0.317 e. The Balaban J connectivity index is 1.46. The van der Waals surface area contributed by atoms with Gasteiger partial charge in [0.15, 0.2) is 0 Å². The van der Waals surface area contributed by atoms with Crippen molar-refractivity contribution in [1.82, 2.24) is 20.0 Å². The van der Waals surface area contributed by atoms with Crippen LogP contribution in [0.15, 0.2) is 16.9 Å². The fraction of sp³-hybridized carbons (Fsp3) is 0.667. The Morgan fingerprint density at radius 1 is 1.42 bits per heavy atom. The number of hydrogen-bond acceptors (Lipinski definition) is 3. The van der Waals surface area contributed by atoms with Gasteiger partial charge in [0.2, 0.25) is 0 Å². The summed E-state index contributed by atoms with van der Waals surface area (Å²) in [6.45, 7) is 2.94. The summed E-state index contributed by atoms with van der Waals surface area (Å²) in [5, 5.41) is 7.31. The maximum absolute atomic E-state index is 12.0. The molecule has 19 heavy (non-hydrogen) atoms. The fourth-order valence-corrected chi connectivity index (χ4v) is 2.71. The molecule has 0 unspecified atom stereocenters. The van der Waals surface area contributed by atoms with Gasteiger partial charge in [-0.3, -0.25) is 4.68 Å². The lowest BCUT2D eigenvalue weighted by molar-refractivity contribution is 0.0723. The number of ether oxygens (including phenoxy) is 1. The van der Waals surface area contributed by atoms with Crippen LogP contribution >= 0.6 is 15.9 Å². The zero-order valence-corrected chi connectivity index (χ0v) is 12.2. The summed E-state index contributed by atoms with van der Waals surface area (Å²) in [6, 6.07) is 0.597. The molecule has 0 aromatic carbocycles. The van der Waals surface area contributed by atoms with Crippen LogP contribution in [0.4, 0.5) is 4.79 Å². The van der Waals surface area contributed by atoms with Gasteiger partial charge in [0.25, 0.3) is 0 Å². The topological polar surface area (TPSA) is 59.4 Å². The van der Waals surface area contributed by atoms with Crippen molar-refractivity contribution in [3.05, 3.63) is 16.9 Å². The SMILES string of the molecule is O=C(NC1CCOCC1)N1CC(n2cc(Br)cn2)C1. The second-order valence-corrected chi connectivity index (χ2v) is 5.95. The molecular weight excluding hydrogens is 312 g/mol. The van der Waals surface area contributed by atoms with Crippen molar-refractivity contribution in [1.29, 1.82) is 0 Å². The first-order valence-corrected chi connectivity index (χ1v) is 7.34. The third-order valence-electron chi connectivity index (χ3n) is 3.64. The van der Waals surface area contributed by atoms with Crippen molar-refractivity contribution in [3.8, 4) is 0 Å². The summed E-state index contributed by atoms with van der Waals surface area (Å²) >= 11 is 3.38. The lowest BCUT2D eigenvalue weighted by Crippen LogP contribution is -2.56. The molecule has 3 heterocycles. The molecule has 0 spiro atoms. The van der Waals surface area contributed by atoms with Gasteiger partial charge in [0, 0.05) is 38.5 Å². The molecule has 0 saturated carbocycles. The van der Waals surface area contributed by atoms with Gasteiger partial charge in [0.1, 0.15) is 0 Å². The average Bonchev–Trinajstić information content (AvgIpc) is 2.75. The number of urea groups is 1. The molecule has 104 valence electrons. The monoisotopic (exact) mass is 328 g/mol. The van der Waals surface area contributed by atoms with Crippen LogP contribution in [-0.2, 0) is 4.74 Å². The van der Waals surface area contributed by atoms with Crippen LogP contribution in [0, 0.1) is 0 Å². The highest BCUT2D eigenvalue weighted by atomic mass is 79.9. The predicted molar refractivity (Wildman–Crippen MR) is 72.9 cm³/mol. The van der Waals surface area contributed by atoms with E-state index in [1.54, 1.807) is 6.20 Å². The van der Waals surface area contributed by atoms with Crippen molar-refractivity contribution < 1.29 is 9.53 Å². The number of amides is 2. The minimum Gasteiger partial charge on any atom is -0.381 e. The molecule has 1 aromatic rings. The number of nitrogens with one attached hydrogen (secondary N) is 1. The van der Waals surface area contributed by atoms with Crippen LogP contribution in [0.3, 0.4) is 0 Å². The number of halogens is 1. The van der Waals surface area contributed by atoms with Gasteiger partial charge in [-0.05, 0) is 28.8 Å². The van der Waals surface area contributed by atoms with Crippen LogP contribution in [0.1, 0.15) is 18.9 Å². The normalized spacial score (nSPS) is 21.2. The highest BCUT2D eigenvalue weighted by Crippen LogP contribution is 2.22. The molecule has 6 nitrogen and oxygen atoms in total. The Kier molecular flexibility index (Phi) is 3.74. The second kappa shape index (κ2) is 5.50. The van der Waals surface area contributed by atoms with Crippen LogP contribution in [0.2, 0.25) is 0 Å². The summed E-state index contributed by atoms with van der Waals surface area (Å²) in [5.41, 5.74) is 0. The molecule has 7 heteroatoms. The number of rotatable bonds is 2. The van der Waals surface area contributed by atoms with E-state index in [1.165, 1.54) is 0 Å². The molecular formula is C12H17BrN4O2. The summed E-state index contributed by atoms with van der Waals surface area (Å²) < 4.78 is 8.15. The van der Waals surface area contributed by atoms with Gasteiger partial charge < -0.3 is 15.0 Å². The van der Waals surface area contributed by atoms with E-state index in [1.807, 2.05) is 15.8 Å². The first kappa shape index (κ1) is 12.9. The summed E-state index contributed by atoms with van der Waals surface area (Å²) in [7, 11) is 0. The number of hydrogen-bond donors (Lipinski definition) is 1. The van der Waals surface area contributed by atoms with Gasteiger partial charge in [-0.1, -0.05) is 0 Å². The Morgan fingerprint density at radius 2 is 2.16 bits per heavy atom. The summed E-state index contributed by atoms with van der Waals surface area (Å²) in [5.74, 6) is 0. The van der Waals surface area contributed by atoms with Gasteiger partial charge in [0.05, 0.1) is 16.7 Å². The third kappa shape index (κ3) is 2.92. The number of likely N-dealkylation sites (tertiary alicyclic amines) is 1. The Morgan fingerprint density at radius 3 is 2.79 bits per heavy atom. The third-order valence-corrected chi connectivity index (χ3v) is 4.05. The quantitative estimate of drug-likeness (QED) is 0.892.